The number of carbonyl (C=O) groups is 1. The zero-order chi connectivity index (χ0) is 24.1. The van der Waals surface area contributed by atoms with Gasteiger partial charge in [-0.1, -0.05) is 44.2 Å². The van der Waals surface area contributed by atoms with E-state index in [1.165, 1.54) is 11.6 Å². The van der Waals surface area contributed by atoms with Crippen molar-refractivity contribution in [3.8, 4) is 17.2 Å². The van der Waals surface area contributed by atoms with Gasteiger partial charge in [-0.25, -0.2) is 4.98 Å². The Balaban J connectivity index is 1.38. The third-order valence-corrected chi connectivity index (χ3v) is 5.43. The minimum absolute atomic E-state index is 0.198. The first kappa shape index (κ1) is 23.2. The standard InChI is InChI=1S/C27H25N3O3S/c1-17(2)19-10-7-18(8-11-19)9-14-25(31)30-27(34)28-21-6-4-5-20(15-21)26-29-23-16-22(32-3)12-13-24(23)33-26/h4-17H,1-3H3,(H2,28,30,31,34)/b14-9+. The third kappa shape index (κ3) is 5.68. The van der Waals surface area contributed by atoms with Crippen molar-refractivity contribution in [2.75, 3.05) is 12.4 Å². The molecule has 1 amide bonds. The Labute approximate surface area is 203 Å². The number of amides is 1. The van der Waals surface area contributed by atoms with Crippen LogP contribution in [0, 0.1) is 0 Å². The second-order valence-corrected chi connectivity index (χ2v) is 8.44. The first-order valence-corrected chi connectivity index (χ1v) is 11.3. The Morgan fingerprint density at radius 2 is 1.88 bits per heavy atom. The van der Waals surface area contributed by atoms with Crippen molar-refractivity contribution >= 4 is 46.1 Å². The number of oxazole rings is 1. The van der Waals surface area contributed by atoms with E-state index in [0.29, 0.717) is 34.3 Å². The minimum atomic E-state index is -0.311. The summed E-state index contributed by atoms with van der Waals surface area (Å²) < 4.78 is 11.1. The number of hydrogen-bond donors (Lipinski definition) is 2. The molecular formula is C27H25N3O3S. The lowest BCUT2D eigenvalue weighted by Gasteiger charge is -2.09. The predicted octanol–water partition coefficient (Wildman–Crippen LogP) is 6.15. The molecule has 0 unspecified atom stereocenters. The average molecular weight is 472 g/mol. The summed E-state index contributed by atoms with van der Waals surface area (Å²) in [4.78, 5) is 16.8. The number of hydrogen-bond acceptors (Lipinski definition) is 5. The molecule has 172 valence electrons. The van der Waals surface area contributed by atoms with Crippen LogP contribution in [-0.4, -0.2) is 23.1 Å². The Hall–Kier alpha value is -3.97. The Morgan fingerprint density at radius 3 is 2.62 bits per heavy atom. The Kier molecular flexibility index (Phi) is 7.04. The molecule has 0 aliphatic rings. The van der Waals surface area contributed by atoms with Gasteiger partial charge in [0.15, 0.2) is 10.7 Å². The first-order valence-electron chi connectivity index (χ1n) is 10.9. The number of carbonyl (C=O) groups excluding carboxylic acids is 1. The molecule has 7 heteroatoms. The van der Waals surface area contributed by atoms with Crippen LogP contribution >= 0.6 is 12.2 Å². The van der Waals surface area contributed by atoms with Crippen molar-refractivity contribution in [2.45, 2.75) is 19.8 Å². The zero-order valence-corrected chi connectivity index (χ0v) is 20.0. The number of benzene rings is 3. The lowest BCUT2D eigenvalue weighted by Crippen LogP contribution is -2.32. The number of anilines is 1. The second kappa shape index (κ2) is 10.3. The molecule has 6 nitrogen and oxygen atoms in total. The van der Waals surface area contributed by atoms with Crippen LogP contribution in [0.3, 0.4) is 0 Å². The fourth-order valence-electron chi connectivity index (χ4n) is 3.37. The van der Waals surface area contributed by atoms with Crippen LogP contribution in [-0.2, 0) is 4.79 Å². The molecule has 0 saturated carbocycles. The number of methoxy groups -OCH3 is 1. The number of nitrogens with zero attached hydrogens (tertiary/aromatic N) is 1. The van der Waals surface area contributed by atoms with E-state index in [0.717, 1.165) is 11.1 Å². The summed E-state index contributed by atoms with van der Waals surface area (Å²) in [5.41, 5.74) is 5.06. The maximum absolute atomic E-state index is 12.3. The van der Waals surface area contributed by atoms with Crippen LogP contribution in [0.1, 0.15) is 30.9 Å². The van der Waals surface area contributed by atoms with Crippen LogP contribution in [0.25, 0.3) is 28.6 Å². The molecule has 0 aliphatic carbocycles. The largest absolute Gasteiger partial charge is 0.497 e. The maximum Gasteiger partial charge on any atom is 0.250 e. The fraction of sp³-hybridized carbons (Fsp3) is 0.148. The highest BCUT2D eigenvalue weighted by Gasteiger charge is 2.10. The Bertz CT molecular complexity index is 1360. The molecule has 0 radical (unpaired) electrons. The lowest BCUT2D eigenvalue weighted by atomic mass is 10.0. The summed E-state index contributed by atoms with van der Waals surface area (Å²) in [6.07, 6.45) is 3.21. The lowest BCUT2D eigenvalue weighted by molar-refractivity contribution is -0.115. The van der Waals surface area contributed by atoms with Crippen LogP contribution in [0.5, 0.6) is 5.75 Å². The topological polar surface area (TPSA) is 76.4 Å². The summed E-state index contributed by atoms with van der Waals surface area (Å²) in [6, 6.07) is 21.0. The summed E-state index contributed by atoms with van der Waals surface area (Å²) in [5, 5.41) is 5.89. The van der Waals surface area contributed by atoms with Gasteiger partial charge in [0.05, 0.1) is 7.11 Å². The second-order valence-electron chi connectivity index (χ2n) is 8.03. The number of aromatic nitrogens is 1. The SMILES string of the molecule is COc1ccc2oc(-c3cccc(NC(=S)NC(=O)/C=C/c4ccc(C(C)C)cc4)c3)nc2c1. The van der Waals surface area contributed by atoms with E-state index in [1.807, 2.05) is 54.6 Å². The number of thiocarbonyl (C=S) groups is 1. The molecule has 4 rings (SSSR count). The van der Waals surface area contributed by atoms with Gasteiger partial charge in [-0.15, -0.1) is 0 Å². The number of fused-ring (bicyclic) bond motifs is 1. The van der Waals surface area contributed by atoms with Gasteiger partial charge in [-0.3, -0.25) is 10.1 Å². The van der Waals surface area contributed by atoms with Crippen molar-refractivity contribution in [1.29, 1.82) is 0 Å². The van der Waals surface area contributed by atoms with Crippen molar-refractivity contribution in [3.05, 3.63) is 83.9 Å². The van der Waals surface area contributed by atoms with Gasteiger partial charge in [-0.2, -0.15) is 0 Å². The van der Waals surface area contributed by atoms with Gasteiger partial charge in [0.2, 0.25) is 11.8 Å². The molecule has 0 spiro atoms. The van der Waals surface area contributed by atoms with Crippen LogP contribution in [0.4, 0.5) is 5.69 Å². The summed E-state index contributed by atoms with van der Waals surface area (Å²) in [6.45, 7) is 4.29. The van der Waals surface area contributed by atoms with Crippen LogP contribution in [0.2, 0.25) is 0 Å². The monoisotopic (exact) mass is 471 g/mol. The fourth-order valence-corrected chi connectivity index (χ4v) is 3.59. The maximum atomic E-state index is 12.3. The van der Waals surface area contributed by atoms with E-state index in [2.05, 4.69) is 41.6 Å². The highest BCUT2D eigenvalue weighted by molar-refractivity contribution is 7.80. The molecule has 1 aromatic heterocycles. The van der Waals surface area contributed by atoms with Gasteiger partial charge in [0, 0.05) is 23.4 Å². The smallest absolute Gasteiger partial charge is 0.250 e. The van der Waals surface area contributed by atoms with Crippen molar-refractivity contribution in [2.24, 2.45) is 0 Å². The van der Waals surface area contributed by atoms with E-state index in [9.17, 15) is 4.79 Å². The van der Waals surface area contributed by atoms with E-state index in [-0.39, 0.29) is 11.0 Å². The molecule has 0 bridgehead atoms. The molecule has 0 fully saturated rings. The molecule has 3 aromatic carbocycles. The average Bonchev–Trinajstić information content (AvgIpc) is 3.26. The van der Waals surface area contributed by atoms with Crippen LogP contribution in [0.15, 0.2) is 77.2 Å². The zero-order valence-electron chi connectivity index (χ0n) is 19.2. The minimum Gasteiger partial charge on any atom is -0.497 e. The van der Waals surface area contributed by atoms with Crippen molar-refractivity contribution < 1.29 is 13.9 Å². The number of ether oxygens (including phenoxy) is 1. The van der Waals surface area contributed by atoms with E-state index in [1.54, 1.807) is 13.2 Å². The predicted molar refractivity (Wildman–Crippen MR) is 140 cm³/mol. The van der Waals surface area contributed by atoms with Crippen molar-refractivity contribution in [3.63, 3.8) is 0 Å². The molecule has 0 saturated heterocycles. The first-order chi connectivity index (χ1) is 16.4. The van der Waals surface area contributed by atoms with E-state index in [4.69, 9.17) is 21.4 Å². The summed E-state index contributed by atoms with van der Waals surface area (Å²) in [5.74, 6) is 1.35. The summed E-state index contributed by atoms with van der Waals surface area (Å²) >= 11 is 5.30. The van der Waals surface area contributed by atoms with Gasteiger partial charge >= 0.3 is 0 Å². The molecule has 2 N–H and O–H groups in total. The highest BCUT2D eigenvalue weighted by Crippen LogP contribution is 2.28. The van der Waals surface area contributed by atoms with E-state index >= 15 is 0 Å². The highest BCUT2D eigenvalue weighted by atomic mass is 32.1. The normalized spacial score (nSPS) is 11.2. The summed E-state index contributed by atoms with van der Waals surface area (Å²) in [7, 11) is 1.61. The third-order valence-electron chi connectivity index (χ3n) is 5.23. The molecule has 4 aromatic rings. The molecule has 0 atom stereocenters. The van der Waals surface area contributed by atoms with Gasteiger partial charge in [0.25, 0.3) is 0 Å². The number of nitrogens with one attached hydrogen (secondary N) is 2. The molecule has 34 heavy (non-hydrogen) atoms. The van der Waals surface area contributed by atoms with Gasteiger partial charge in [0.1, 0.15) is 11.3 Å². The molecular weight excluding hydrogens is 446 g/mol. The van der Waals surface area contributed by atoms with Crippen molar-refractivity contribution in [1.82, 2.24) is 10.3 Å². The quantitative estimate of drug-likeness (QED) is 0.259. The van der Waals surface area contributed by atoms with Crippen LogP contribution < -0.4 is 15.4 Å². The number of rotatable bonds is 6. The van der Waals surface area contributed by atoms with Gasteiger partial charge < -0.3 is 14.5 Å². The molecule has 1 heterocycles. The van der Waals surface area contributed by atoms with Gasteiger partial charge in [-0.05, 0) is 65.7 Å². The Morgan fingerprint density at radius 1 is 1.09 bits per heavy atom. The van der Waals surface area contributed by atoms with E-state index < -0.39 is 0 Å². The molecule has 0 aliphatic heterocycles.